The summed E-state index contributed by atoms with van der Waals surface area (Å²) in [6, 6.07) is 5.56. The molecule has 0 radical (unpaired) electrons. The highest BCUT2D eigenvalue weighted by Gasteiger charge is 2.21. The summed E-state index contributed by atoms with van der Waals surface area (Å²) >= 11 is 7.42. The number of amides is 2. The van der Waals surface area contributed by atoms with Gasteiger partial charge in [-0.1, -0.05) is 17.7 Å². The third-order valence-electron chi connectivity index (χ3n) is 5.18. The SMILES string of the molecule is COCCN(CCC(=O)NCC1CCCO1)C(=O)c1csc(Nc2cc(Cl)ccc2C)n1. The molecule has 0 spiro atoms. The second-order valence-electron chi connectivity index (χ2n) is 7.60. The number of nitrogens with zero attached hydrogens (tertiary/aromatic N) is 2. The van der Waals surface area contributed by atoms with E-state index < -0.39 is 0 Å². The summed E-state index contributed by atoms with van der Waals surface area (Å²) in [4.78, 5) is 31.3. The van der Waals surface area contributed by atoms with E-state index in [4.69, 9.17) is 21.1 Å². The first-order valence-corrected chi connectivity index (χ1v) is 11.9. The Morgan fingerprint density at radius 1 is 1.38 bits per heavy atom. The summed E-state index contributed by atoms with van der Waals surface area (Å²) < 4.78 is 10.7. The van der Waals surface area contributed by atoms with Crippen LogP contribution in [0.15, 0.2) is 23.6 Å². The van der Waals surface area contributed by atoms with Gasteiger partial charge in [-0.15, -0.1) is 11.3 Å². The van der Waals surface area contributed by atoms with E-state index in [9.17, 15) is 9.59 Å². The van der Waals surface area contributed by atoms with Gasteiger partial charge in [0.25, 0.3) is 5.91 Å². The van der Waals surface area contributed by atoms with Crippen LogP contribution in [0.3, 0.4) is 0 Å². The van der Waals surface area contributed by atoms with Gasteiger partial charge < -0.3 is 25.0 Å². The molecule has 8 nitrogen and oxygen atoms in total. The van der Waals surface area contributed by atoms with Crippen molar-refractivity contribution < 1.29 is 19.1 Å². The molecule has 1 fully saturated rings. The number of nitrogens with one attached hydrogen (secondary N) is 2. The van der Waals surface area contributed by atoms with Gasteiger partial charge in [-0.25, -0.2) is 4.98 Å². The van der Waals surface area contributed by atoms with Gasteiger partial charge in [0.05, 0.1) is 12.7 Å². The lowest BCUT2D eigenvalue weighted by molar-refractivity contribution is -0.121. The van der Waals surface area contributed by atoms with Crippen LogP contribution in [0.25, 0.3) is 0 Å². The maximum Gasteiger partial charge on any atom is 0.273 e. The number of benzene rings is 1. The van der Waals surface area contributed by atoms with Crippen molar-refractivity contribution >= 4 is 45.6 Å². The number of anilines is 2. The minimum Gasteiger partial charge on any atom is -0.383 e. The number of carbonyl (C=O) groups is 2. The standard InChI is InChI=1S/C22H29ClN4O4S/c1-15-5-6-16(23)12-18(15)25-22-26-19(14-32-22)21(29)27(9-11-30-2)8-7-20(28)24-13-17-4-3-10-31-17/h5-6,12,14,17H,3-4,7-11,13H2,1-2H3,(H,24,28)(H,25,26). The number of aryl methyl sites for hydroxylation is 1. The number of methoxy groups -OCH3 is 1. The lowest BCUT2D eigenvalue weighted by Gasteiger charge is -2.21. The van der Waals surface area contributed by atoms with E-state index in [-0.39, 0.29) is 30.9 Å². The first-order valence-electron chi connectivity index (χ1n) is 10.6. The fourth-order valence-electron chi connectivity index (χ4n) is 3.31. The van der Waals surface area contributed by atoms with Crippen LogP contribution in [-0.4, -0.2) is 67.8 Å². The van der Waals surface area contributed by atoms with Crippen LogP contribution in [0.2, 0.25) is 5.02 Å². The van der Waals surface area contributed by atoms with Crippen molar-refractivity contribution in [1.29, 1.82) is 0 Å². The summed E-state index contributed by atoms with van der Waals surface area (Å²) in [6.07, 6.45) is 2.29. The Bertz CT molecular complexity index is 917. The molecule has 2 heterocycles. The van der Waals surface area contributed by atoms with Gasteiger partial charge in [-0.3, -0.25) is 9.59 Å². The molecule has 0 saturated carbocycles. The molecule has 2 N–H and O–H groups in total. The predicted octanol–water partition coefficient (Wildman–Crippen LogP) is 3.62. The van der Waals surface area contributed by atoms with E-state index in [1.165, 1.54) is 11.3 Å². The van der Waals surface area contributed by atoms with Gasteiger partial charge in [0.2, 0.25) is 5.91 Å². The molecule has 0 bridgehead atoms. The summed E-state index contributed by atoms with van der Waals surface area (Å²) in [6.45, 7) is 4.26. The zero-order valence-electron chi connectivity index (χ0n) is 18.4. The van der Waals surface area contributed by atoms with Gasteiger partial charge in [-0.2, -0.15) is 0 Å². The van der Waals surface area contributed by atoms with Crippen molar-refractivity contribution in [3.8, 4) is 0 Å². The zero-order chi connectivity index (χ0) is 22.9. The van der Waals surface area contributed by atoms with E-state index in [1.54, 1.807) is 17.4 Å². The normalized spacial score (nSPS) is 15.5. The molecule has 1 atom stereocenters. The molecular formula is C22H29ClN4O4S. The maximum atomic E-state index is 13.0. The Kier molecular flexibility index (Phi) is 9.28. The monoisotopic (exact) mass is 480 g/mol. The average molecular weight is 481 g/mol. The number of carbonyl (C=O) groups excluding carboxylic acids is 2. The van der Waals surface area contributed by atoms with Crippen LogP contribution in [0, 0.1) is 6.92 Å². The number of hydrogen-bond acceptors (Lipinski definition) is 7. The van der Waals surface area contributed by atoms with E-state index in [0.717, 1.165) is 30.7 Å². The van der Waals surface area contributed by atoms with Crippen LogP contribution in [0.5, 0.6) is 0 Å². The van der Waals surface area contributed by atoms with E-state index in [2.05, 4.69) is 15.6 Å². The van der Waals surface area contributed by atoms with Crippen LogP contribution >= 0.6 is 22.9 Å². The molecule has 1 unspecified atom stereocenters. The van der Waals surface area contributed by atoms with E-state index >= 15 is 0 Å². The van der Waals surface area contributed by atoms with Crippen molar-refractivity contribution in [2.75, 3.05) is 45.3 Å². The summed E-state index contributed by atoms with van der Waals surface area (Å²) in [5, 5.41) is 9.03. The molecule has 174 valence electrons. The molecule has 2 aromatic rings. The second-order valence-corrected chi connectivity index (χ2v) is 8.89. The third-order valence-corrected chi connectivity index (χ3v) is 6.17. The molecular weight excluding hydrogens is 452 g/mol. The maximum absolute atomic E-state index is 13.0. The quantitative estimate of drug-likeness (QED) is 0.510. The lowest BCUT2D eigenvalue weighted by atomic mass is 10.2. The van der Waals surface area contributed by atoms with Crippen LogP contribution in [-0.2, 0) is 14.3 Å². The molecule has 1 saturated heterocycles. The fourth-order valence-corrected chi connectivity index (χ4v) is 4.18. The van der Waals surface area contributed by atoms with Gasteiger partial charge in [0.15, 0.2) is 5.13 Å². The van der Waals surface area contributed by atoms with Crippen LogP contribution in [0.1, 0.15) is 35.3 Å². The van der Waals surface area contributed by atoms with Crippen molar-refractivity contribution in [2.24, 2.45) is 0 Å². The smallest absolute Gasteiger partial charge is 0.273 e. The molecule has 2 amide bonds. The van der Waals surface area contributed by atoms with Gasteiger partial charge in [0.1, 0.15) is 5.69 Å². The Hall–Kier alpha value is -2.20. The Balaban J connectivity index is 1.57. The van der Waals surface area contributed by atoms with Crippen LogP contribution < -0.4 is 10.6 Å². The highest BCUT2D eigenvalue weighted by atomic mass is 35.5. The molecule has 1 aliphatic heterocycles. The molecule has 10 heteroatoms. The molecule has 1 aromatic carbocycles. The minimum atomic E-state index is -0.235. The fraction of sp³-hybridized carbons (Fsp3) is 0.500. The number of aromatic nitrogens is 1. The first-order chi connectivity index (χ1) is 15.5. The predicted molar refractivity (Wildman–Crippen MR) is 126 cm³/mol. The second kappa shape index (κ2) is 12.2. The average Bonchev–Trinajstić information content (AvgIpc) is 3.47. The first kappa shape index (κ1) is 24.4. The molecule has 1 aromatic heterocycles. The van der Waals surface area contributed by atoms with Crippen LogP contribution in [0.4, 0.5) is 10.8 Å². The lowest BCUT2D eigenvalue weighted by Crippen LogP contribution is -2.38. The summed E-state index contributed by atoms with van der Waals surface area (Å²) in [5.74, 6) is -0.339. The largest absolute Gasteiger partial charge is 0.383 e. The number of hydrogen-bond donors (Lipinski definition) is 2. The molecule has 32 heavy (non-hydrogen) atoms. The van der Waals surface area contributed by atoms with Crippen molar-refractivity contribution in [2.45, 2.75) is 32.3 Å². The van der Waals surface area contributed by atoms with E-state index in [1.807, 2.05) is 25.1 Å². The van der Waals surface area contributed by atoms with Gasteiger partial charge in [-0.05, 0) is 37.5 Å². The number of thiazole rings is 1. The summed E-state index contributed by atoms with van der Waals surface area (Å²) in [7, 11) is 1.58. The summed E-state index contributed by atoms with van der Waals surface area (Å²) in [5.41, 5.74) is 2.19. The minimum absolute atomic E-state index is 0.0919. The molecule has 0 aliphatic carbocycles. The highest BCUT2D eigenvalue weighted by molar-refractivity contribution is 7.14. The highest BCUT2D eigenvalue weighted by Crippen LogP contribution is 2.26. The number of rotatable bonds is 11. The van der Waals surface area contributed by atoms with Gasteiger partial charge >= 0.3 is 0 Å². The van der Waals surface area contributed by atoms with E-state index in [0.29, 0.717) is 35.5 Å². The Morgan fingerprint density at radius 3 is 2.97 bits per heavy atom. The van der Waals surface area contributed by atoms with Crippen molar-refractivity contribution in [3.05, 3.63) is 39.9 Å². The molecule has 3 rings (SSSR count). The zero-order valence-corrected chi connectivity index (χ0v) is 19.9. The Labute approximate surface area is 197 Å². The number of halogens is 1. The number of ether oxygens (including phenoxy) is 2. The van der Waals surface area contributed by atoms with Crippen molar-refractivity contribution in [3.63, 3.8) is 0 Å². The van der Waals surface area contributed by atoms with Gasteiger partial charge in [0, 0.05) is 55.9 Å². The Morgan fingerprint density at radius 2 is 2.22 bits per heavy atom. The molecule has 1 aliphatic rings. The van der Waals surface area contributed by atoms with Crippen molar-refractivity contribution in [1.82, 2.24) is 15.2 Å². The topological polar surface area (TPSA) is 92.8 Å². The third kappa shape index (κ3) is 7.16.